The van der Waals surface area contributed by atoms with Gasteiger partial charge in [-0.3, -0.25) is 0 Å². The summed E-state index contributed by atoms with van der Waals surface area (Å²) in [4.78, 5) is 18.8. The van der Waals surface area contributed by atoms with E-state index in [0.29, 0.717) is 24.2 Å². The van der Waals surface area contributed by atoms with E-state index in [0.717, 1.165) is 27.9 Å². The zero-order chi connectivity index (χ0) is 16.8. The molecule has 0 spiro atoms. The lowest BCUT2D eigenvalue weighted by Crippen LogP contribution is -2.32. The van der Waals surface area contributed by atoms with Gasteiger partial charge < -0.3 is 14.1 Å². The van der Waals surface area contributed by atoms with Gasteiger partial charge in [-0.15, -0.1) is 0 Å². The quantitative estimate of drug-likeness (QED) is 0.393. The number of nitrogens with zero attached hydrogens (tertiary/aromatic N) is 2. The van der Waals surface area contributed by atoms with E-state index in [-0.39, 0.29) is 5.63 Å². The fourth-order valence-corrected chi connectivity index (χ4v) is 3.34. The van der Waals surface area contributed by atoms with Gasteiger partial charge in [0.2, 0.25) is 0 Å². The Morgan fingerprint density at radius 1 is 0.920 bits per heavy atom. The fourth-order valence-electron chi connectivity index (χ4n) is 3.34. The summed E-state index contributed by atoms with van der Waals surface area (Å²) in [6.07, 6.45) is 1.75. The molecule has 0 amide bonds. The Hall–Kier alpha value is -3.34. The van der Waals surface area contributed by atoms with Gasteiger partial charge in [-0.05, 0) is 35.7 Å². The fraction of sp³-hybridized carbons (Fsp3) is 0.100. The molecule has 0 atom stereocenters. The van der Waals surface area contributed by atoms with Gasteiger partial charge in [0.15, 0.2) is 6.73 Å². The number of pyridine rings is 1. The minimum Gasteiger partial charge on any atom is -0.473 e. The average molecular weight is 330 g/mol. The van der Waals surface area contributed by atoms with Crippen LogP contribution in [0, 0.1) is 0 Å². The summed E-state index contributed by atoms with van der Waals surface area (Å²) in [6, 6.07) is 17.2. The topological polar surface area (TPSA) is 55.6 Å². The van der Waals surface area contributed by atoms with Gasteiger partial charge >= 0.3 is 5.63 Å². The van der Waals surface area contributed by atoms with Crippen LogP contribution in [0.3, 0.4) is 0 Å². The number of hydrogen-bond acceptors (Lipinski definition) is 5. The number of benzene rings is 2. The van der Waals surface area contributed by atoms with Crippen molar-refractivity contribution in [3.05, 3.63) is 76.8 Å². The summed E-state index contributed by atoms with van der Waals surface area (Å²) in [5.41, 5.74) is 1.13. The molecule has 122 valence electrons. The lowest BCUT2D eigenvalue weighted by molar-refractivity contribution is 0.288. The molecule has 5 heteroatoms. The molecule has 1 aliphatic rings. The molecule has 0 fully saturated rings. The molecule has 1 aliphatic heterocycles. The zero-order valence-corrected chi connectivity index (χ0v) is 13.3. The van der Waals surface area contributed by atoms with E-state index in [1.807, 2.05) is 53.4 Å². The smallest absolute Gasteiger partial charge is 0.344 e. The monoisotopic (exact) mass is 330 g/mol. The van der Waals surface area contributed by atoms with Crippen LogP contribution >= 0.6 is 0 Å². The van der Waals surface area contributed by atoms with E-state index in [2.05, 4.69) is 4.98 Å². The van der Waals surface area contributed by atoms with Crippen molar-refractivity contribution < 1.29 is 9.15 Å². The van der Waals surface area contributed by atoms with Crippen LogP contribution in [0.4, 0.5) is 5.82 Å². The largest absolute Gasteiger partial charge is 0.473 e. The second-order valence-electron chi connectivity index (χ2n) is 6.01. The van der Waals surface area contributed by atoms with Crippen LogP contribution in [0.15, 0.2) is 70.0 Å². The molecule has 5 rings (SSSR count). The second-order valence-corrected chi connectivity index (χ2v) is 6.01. The first-order valence-corrected chi connectivity index (χ1v) is 8.07. The van der Waals surface area contributed by atoms with Crippen LogP contribution in [0.5, 0.6) is 5.75 Å². The zero-order valence-electron chi connectivity index (χ0n) is 13.3. The van der Waals surface area contributed by atoms with Gasteiger partial charge in [0.25, 0.3) is 0 Å². The Bertz CT molecular complexity index is 1150. The van der Waals surface area contributed by atoms with Gasteiger partial charge in [0.1, 0.15) is 17.2 Å². The standard InChI is InChI=1S/C20H14N2O3/c23-20-15-6-2-1-5-13(15)14-8-9-17-16(19(14)25-20)11-22(12-24-17)18-7-3-4-10-21-18/h1-10H,11-12H2. The molecule has 2 aromatic heterocycles. The normalized spacial score (nSPS) is 13.7. The molecular formula is C20H14N2O3. The molecule has 2 aromatic carbocycles. The molecule has 4 aromatic rings. The van der Waals surface area contributed by atoms with E-state index in [1.165, 1.54) is 0 Å². The lowest BCUT2D eigenvalue weighted by Gasteiger charge is -2.30. The molecule has 0 unspecified atom stereocenters. The van der Waals surface area contributed by atoms with E-state index < -0.39 is 0 Å². The molecule has 0 radical (unpaired) electrons. The summed E-state index contributed by atoms with van der Waals surface area (Å²) in [7, 11) is 0. The maximum atomic E-state index is 12.4. The number of ether oxygens (including phenoxy) is 1. The van der Waals surface area contributed by atoms with Crippen LogP contribution in [0.2, 0.25) is 0 Å². The lowest BCUT2D eigenvalue weighted by atomic mass is 10.0. The van der Waals surface area contributed by atoms with Crippen molar-refractivity contribution in [3.8, 4) is 5.75 Å². The van der Waals surface area contributed by atoms with E-state index >= 15 is 0 Å². The molecule has 25 heavy (non-hydrogen) atoms. The first-order valence-electron chi connectivity index (χ1n) is 8.07. The van der Waals surface area contributed by atoms with Gasteiger partial charge in [-0.25, -0.2) is 9.78 Å². The Balaban J connectivity index is 1.73. The Labute approximate surface area is 143 Å². The van der Waals surface area contributed by atoms with Gasteiger partial charge in [0, 0.05) is 11.6 Å². The molecule has 0 aliphatic carbocycles. The maximum Gasteiger partial charge on any atom is 0.344 e. The SMILES string of the molecule is O=c1oc2c3c(ccc2c2ccccc12)OCN(c1ccccn1)C3. The summed E-state index contributed by atoms with van der Waals surface area (Å²) >= 11 is 0. The third-order valence-corrected chi connectivity index (χ3v) is 4.55. The highest BCUT2D eigenvalue weighted by Crippen LogP contribution is 2.35. The Kier molecular flexibility index (Phi) is 3.00. The summed E-state index contributed by atoms with van der Waals surface area (Å²) in [6.45, 7) is 0.984. The summed E-state index contributed by atoms with van der Waals surface area (Å²) < 4.78 is 11.5. The number of rotatable bonds is 1. The van der Waals surface area contributed by atoms with Crippen molar-refractivity contribution in [2.45, 2.75) is 6.54 Å². The minimum atomic E-state index is -0.327. The van der Waals surface area contributed by atoms with Crippen LogP contribution in [-0.4, -0.2) is 11.7 Å². The highest BCUT2D eigenvalue weighted by atomic mass is 16.5. The van der Waals surface area contributed by atoms with Crippen molar-refractivity contribution in [3.63, 3.8) is 0 Å². The summed E-state index contributed by atoms with van der Waals surface area (Å²) in [5.74, 6) is 1.58. The predicted molar refractivity (Wildman–Crippen MR) is 95.9 cm³/mol. The van der Waals surface area contributed by atoms with Crippen LogP contribution in [-0.2, 0) is 6.54 Å². The first kappa shape index (κ1) is 14.0. The third kappa shape index (κ3) is 2.16. The first-order chi connectivity index (χ1) is 12.3. The number of hydrogen-bond donors (Lipinski definition) is 0. The van der Waals surface area contributed by atoms with Crippen LogP contribution in [0.1, 0.15) is 5.56 Å². The highest BCUT2D eigenvalue weighted by molar-refractivity contribution is 6.05. The van der Waals surface area contributed by atoms with E-state index in [4.69, 9.17) is 9.15 Å². The van der Waals surface area contributed by atoms with Crippen LogP contribution in [0.25, 0.3) is 21.7 Å². The van der Waals surface area contributed by atoms with Crippen molar-refractivity contribution in [1.29, 1.82) is 0 Å². The third-order valence-electron chi connectivity index (χ3n) is 4.55. The second kappa shape index (κ2) is 5.34. The van der Waals surface area contributed by atoms with Crippen LogP contribution < -0.4 is 15.3 Å². The Morgan fingerprint density at radius 3 is 2.60 bits per heavy atom. The average Bonchev–Trinajstić information content (AvgIpc) is 2.68. The number of fused-ring (bicyclic) bond motifs is 5. The van der Waals surface area contributed by atoms with E-state index in [1.54, 1.807) is 12.3 Å². The minimum absolute atomic E-state index is 0.327. The molecule has 0 N–H and O–H groups in total. The van der Waals surface area contributed by atoms with Gasteiger partial charge in [-0.1, -0.05) is 24.3 Å². The predicted octanol–water partition coefficient (Wildman–Crippen LogP) is 3.70. The summed E-state index contributed by atoms with van der Waals surface area (Å²) in [5, 5.41) is 2.40. The van der Waals surface area contributed by atoms with Crippen molar-refractivity contribution in [2.24, 2.45) is 0 Å². The number of anilines is 1. The van der Waals surface area contributed by atoms with E-state index in [9.17, 15) is 4.79 Å². The molecule has 0 saturated carbocycles. The molecule has 0 bridgehead atoms. The van der Waals surface area contributed by atoms with Crippen molar-refractivity contribution >= 4 is 27.6 Å². The molecule has 3 heterocycles. The molecule has 0 saturated heterocycles. The number of aromatic nitrogens is 1. The molecule has 5 nitrogen and oxygen atoms in total. The van der Waals surface area contributed by atoms with Crippen molar-refractivity contribution in [2.75, 3.05) is 11.6 Å². The van der Waals surface area contributed by atoms with Gasteiger partial charge in [0.05, 0.1) is 17.5 Å². The highest BCUT2D eigenvalue weighted by Gasteiger charge is 2.23. The molecular weight excluding hydrogens is 316 g/mol. The maximum absolute atomic E-state index is 12.4. The van der Waals surface area contributed by atoms with Gasteiger partial charge in [-0.2, -0.15) is 0 Å². The Morgan fingerprint density at radius 2 is 1.76 bits per heavy atom. The van der Waals surface area contributed by atoms with Crippen molar-refractivity contribution in [1.82, 2.24) is 4.98 Å².